The van der Waals surface area contributed by atoms with Gasteiger partial charge in [-0.1, -0.05) is 0 Å². The maximum atomic E-state index is 8.55. The molecule has 0 heterocycles. The van der Waals surface area contributed by atoms with Crippen molar-refractivity contribution in [2.45, 2.75) is 0 Å². The SMILES string of the molecule is O=P([O-])([O-])[O-].[Ba+2].[Ti+4].[Zr+4]. The van der Waals surface area contributed by atoms with E-state index in [-0.39, 0.29) is 96.8 Å². The monoisotopic (exact) mass is 371 g/mol. The second-order valence-electron chi connectivity index (χ2n) is 0.447. The fourth-order valence-electron chi connectivity index (χ4n) is 0. The molecule has 0 spiro atoms. The van der Waals surface area contributed by atoms with Gasteiger partial charge in [0.05, 0.1) is 0 Å². The second kappa shape index (κ2) is 10.3. The van der Waals surface area contributed by atoms with E-state index in [1.807, 2.05) is 0 Å². The van der Waals surface area contributed by atoms with Crippen LogP contribution in [-0.2, 0) is 52.5 Å². The summed E-state index contributed by atoms with van der Waals surface area (Å²) in [5.74, 6) is 0. The number of rotatable bonds is 0. The molecule has 0 fully saturated rings. The topological polar surface area (TPSA) is 86.2 Å². The molecule has 0 aliphatic rings. The van der Waals surface area contributed by atoms with Crippen LogP contribution in [0.5, 0.6) is 0 Å². The third-order valence-corrected chi connectivity index (χ3v) is 0. The Hall–Kier alpha value is 3.28. The van der Waals surface area contributed by atoms with Crippen molar-refractivity contribution in [2.24, 2.45) is 0 Å². The van der Waals surface area contributed by atoms with E-state index in [1.165, 1.54) is 0 Å². The molecule has 0 aromatic heterocycles. The first kappa shape index (κ1) is 22.5. The minimum absolute atomic E-state index is 0. The molecule has 0 bridgehead atoms. The first-order chi connectivity index (χ1) is 2.00. The van der Waals surface area contributed by atoms with Gasteiger partial charge in [-0.25, -0.2) is 0 Å². The van der Waals surface area contributed by atoms with Gasteiger partial charge in [-0.2, -0.15) is 7.82 Å². The van der Waals surface area contributed by atoms with Gasteiger partial charge in [-0.15, -0.1) is 0 Å². The van der Waals surface area contributed by atoms with Crippen LogP contribution in [0.1, 0.15) is 0 Å². The molecule has 0 aliphatic heterocycles. The summed E-state index contributed by atoms with van der Waals surface area (Å²) >= 11 is 0. The molecular weight excluding hydrogens is 371 g/mol. The van der Waals surface area contributed by atoms with Crippen molar-refractivity contribution >= 4 is 56.7 Å². The smallest absolute Gasteiger partial charge is 0.822 e. The van der Waals surface area contributed by atoms with Crippen LogP contribution in [0.2, 0.25) is 0 Å². The molecule has 0 aliphatic carbocycles. The minimum atomic E-state index is -5.39. The summed E-state index contributed by atoms with van der Waals surface area (Å²) in [7, 11) is -5.39. The summed E-state index contributed by atoms with van der Waals surface area (Å²) in [6.45, 7) is 0. The number of hydrogen-bond donors (Lipinski definition) is 0. The third-order valence-electron chi connectivity index (χ3n) is 0. The summed E-state index contributed by atoms with van der Waals surface area (Å²) in [6, 6.07) is 0. The van der Waals surface area contributed by atoms with E-state index in [1.54, 1.807) is 0 Å². The third kappa shape index (κ3) is 59.2. The molecule has 0 rings (SSSR count). The zero-order valence-corrected chi connectivity index (χ0v) is 13.1. The maximum absolute atomic E-state index is 8.55. The van der Waals surface area contributed by atoms with Gasteiger partial charge < -0.3 is 19.2 Å². The molecule has 0 amide bonds. The minimum Gasteiger partial charge on any atom is -0.822 e. The van der Waals surface area contributed by atoms with Crippen LogP contribution in [0.4, 0.5) is 0 Å². The average Bonchev–Trinajstić information content (AvgIpc) is 0.722. The van der Waals surface area contributed by atoms with E-state index < -0.39 is 7.82 Å². The fraction of sp³-hybridized carbons (Fsp3) is 0. The molecule has 8 heteroatoms. The summed E-state index contributed by atoms with van der Waals surface area (Å²) in [5, 5.41) is 0. The molecule has 0 saturated carbocycles. The zero-order chi connectivity index (χ0) is 4.50. The zero-order valence-electron chi connectivity index (χ0n) is 3.79. The summed E-state index contributed by atoms with van der Waals surface area (Å²) in [4.78, 5) is 25.6. The fourth-order valence-corrected chi connectivity index (χ4v) is 0. The van der Waals surface area contributed by atoms with E-state index in [4.69, 9.17) is 19.2 Å². The van der Waals surface area contributed by atoms with Crippen LogP contribution in [0.25, 0.3) is 0 Å². The normalized spacial score (nSPS) is 7.38. The predicted octanol–water partition coefficient (Wildman–Crippen LogP) is -3.21. The molecule has 32 valence electrons. The Morgan fingerprint density at radius 3 is 1.12 bits per heavy atom. The molecule has 0 radical (unpaired) electrons. The van der Waals surface area contributed by atoms with Gasteiger partial charge in [-0.05, 0) is 0 Å². The van der Waals surface area contributed by atoms with Gasteiger partial charge in [0, 0.05) is 0 Å². The van der Waals surface area contributed by atoms with Crippen molar-refractivity contribution in [2.75, 3.05) is 0 Å². The standard InChI is InChI=1S/Ba.H3O4P.Ti.Zr/c;1-5(2,3)4;;/h;(H3,1,2,3,4);;/q+2;;2*+4/p-3. The van der Waals surface area contributed by atoms with Crippen LogP contribution >= 0.6 is 7.82 Å². The van der Waals surface area contributed by atoms with Gasteiger partial charge >= 0.3 is 96.8 Å². The predicted molar refractivity (Wildman–Crippen MR) is 13.4 cm³/mol. The second-order valence-corrected chi connectivity index (χ2v) is 1.34. The van der Waals surface area contributed by atoms with Crippen LogP contribution in [0, 0.1) is 0 Å². The summed E-state index contributed by atoms with van der Waals surface area (Å²) in [6.07, 6.45) is 0. The first-order valence-corrected chi connectivity index (χ1v) is 2.19. The van der Waals surface area contributed by atoms with E-state index in [9.17, 15) is 0 Å². The Morgan fingerprint density at radius 1 is 1.12 bits per heavy atom. The van der Waals surface area contributed by atoms with Gasteiger partial charge in [0.25, 0.3) is 0 Å². The molecule has 0 aromatic rings. The van der Waals surface area contributed by atoms with Gasteiger partial charge in [0.2, 0.25) is 0 Å². The first-order valence-electron chi connectivity index (χ1n) is 0.730. The summed E-state index contributed by atoms with van der Waals surface area (Å²) in [5.41, 5.74) is 0. The Morgan fingerprint density at radius 2 is 1.12 bits per heavy atom. The quantitative estimate of drug-likeness (QED) is 0.331. The van der Waals surface area contributed by atoms with Crippen LogP contribution < -0.4 is 14.7 Å². The molecule has 4 nitrogen and oxygen atoms in total. The van der Waals surface area contributed by atoms with Crippen LogP contribution in [-0.4, -0.2) is 48.9 Å². The van der Waals surface area contributed by atoms with Crippen LogP contribution in [0.3, 0.4) is 0 Å². The van der Waals surface area contributed by atoms with Crippen molar-refractivity contribution in [1.82, 2.24) is 0 Å². The molecule has 8 heavy (non-hydrogen) atoms. The van der Waals surface area contributed by atoms with E-state index in [0.717, 1.165) is 0 Å². The van der Waals surface area contributed by atoms with E-state index in [2.05, 4.69) is 0 Å². The molecule has 0 aromatic carbocycles. The largest absolute Gasteiger partial charge is 4.00 e. The number of hydrogen-bond acceptors (Lipinski definition) is 4. The molecule has 0 atom stereocenters. The number of phosphoric acid groups is 1. The molecule has 0 saturated heterocycles. The Kier molecular flexibility index (Phi) is 28.9. The van der Waals surface area contributed by atoms with Crippen molar-refractivity contribution in [3.05, 3.63) is 0 Å². The molecule has 0 unspecified atom stereocenters. The van der Waals surface area contributed by atoms with Gasteiger partial charge in [0.15, 0.2) is 0 Å². The Balaban J connectivity index is -0.0000000267. The van der Waals surface area contributed by atoms with Gasteiger partial charge in [-0.3, -0.25) is 0 Å². The summed E-state index contributed by atoms with van der Waals surface area (Å²) < 4.78 is 8.55. The maximum Gasteiger partial charge on any atom is 4.00 e. The van der Waals surface area contributed by atoms with Crippen molar-refractivity contribution in [3.63, 3.8) is 0 Å². The molecule has 0 N–H and O–H groups in total. The van der Waals surface area contributed by atoms with Crippen LogP contribution in [0.15, 0.2) is 0 Å². The van der Waals surface area contributed by atoms with E-state index >= 15 is 0 Å². The molecular formula is BaO4PTiZr+7. The van der Waals surface area contributed by atoms with E-state index in [0.29, 0.717) is 0 Å². The van der Waals surface area contributed by atoms with Crippen molar-refractivity contribution in [1.29, 1.82) is 0 Å². The van der Waals surface area contributed by atoms with Crippen molar-refractivity contribution < 1.29 is 67.2 Å². The van der Waals surface area contributed by atoms with Crippen molar-refractivity contribution in [3.8, 4) is 0 Å². The average molecular weight is 371 g/mol. The van der Waals surface area contributed by atoms with Gasteiger partial charge in [0.1, 0.15) is 0 Å². The Bertz CT molecular complexity index is 62.2. The Labute approximate surface area is 121 Å².